The van der Waals surface area contributed by atoms with Crippen LogP contribution < -0.4 is 0 Å². The van der Waals surface area contributed by atoms with Gasteiger partial charge in [0.1, 0.15) is 0 Å². The quantitative estimate of drug-likeness (QED) is 0.237. The zero-order valence-electron chi connectivity index (χ0n) is 14.3. The maximum atomic E-state index is 10.9. The lowest BCUT2D eigenvalue weighted by molar-refractivity contribution is -0.153. The number of aliphatic carboxylic acids is 1. The second-order valence-electron chi connectivity index (χ2n) is 5.77. The van der Waals surface area contributed by atoms with Crippen LogP contribution in [0.15, 0.2) is 24.8 Å². The highest BCUT2D eigenvalue weighted by atomic mass is 16.6. The third-order valence-corrected chi connectivity index (χ3v) is 4.17. The van der Waals surface area contributed by atoms with Crippen molar-refractivity contribution in [2.45, 2.75) is 26.2 Å². The summed E-state index contributed by atoms with van der Waals surface area (Å²) in [6.45, 7) is 4.31. The summed E-state index contributed by atoms with van der Waals surface area (Å²) >= 11 is 0. The first-order valence-corrected chi connectivity index (χ1v) is 7.89. The Balaban J connectivity index is 0.000000374. The largest absolute Gasteiger partial charge is 0.478 e. The number of hydrogen-bond acceptors (Lipinski definition) is 7. The van der Waals surface area contributed by atoms with Crippen molar-refractivity contribution >= 4 is 17.9 Å². The lowest BCUT2D eigenvalue weighted by Gasteiger charge is -2.24. The van der Waals surface area contributed by atoms with Gasteiger partial charge in [0.25, 0.3) is 0 Å². The van der Waals surface area contributed by atoms with Crippen molar-refractivity contribution in [1.82, 2.24) is 0 Å². The van der Waals surface area contributed by atoms with Gasteiger partial charge in [-0.1, -0.05) is 25.7 Å². The molecule has 0 saturated carbocycles. The van der Waals surface area contributed by atoms with Crippen LogP contribution in [0.25, 0.3) is 0 Å². The standard InChI is InChI=1S/C8H8O3.C6H14O3.C3H4O2/c9-7-5-3-1-2-4-6(5)8(10)11-7;1-2-6(3-7,4-8)5-9;1-2-3(4)5/h1-2,5-6H,3-4H2;7-9H,2-5H2,1H3;2H,1H2,(H,4,5). The molecule has 4 N–H and O–H groups in total. The summed E-state index contributed by atoms with van der Waals surface area (Å²) < 4.78 is 4.49. The Bertz CT molecular complexity index is 451. The minimum Gasteiger partial charge on any atom is -0.478 e. The van der Waals surface area contributed by atoms with E-state index in [1.807, 2.05) is 19.1 Å². The molecule has 2 rings (SSSR count). The van der Waals surface area contributed by atoms with Crippen LogP contribution in [-0.2, 0) is 19.1 Å². The zero-order chi connectivity index (χ0) is 19.5. The molecule has 25 heavy (non-hydrogen) atoms. The molecule has 1 heterocycles. The molecule has 0 bridgehead atoms. The van der Waals surface area contributed by atoms with Crippen molar-refractivity contribution < 1.29 is 39.5 Å². The van der Waals surface area contributed by atoms with E-state index in [2.05, 4.69) is 11.3 Å². The molecule has 2 unspecified atom stereocenters. The highest BCUT2D eigenvalue weighted by Crippen LogP contribution is 2.32. The van der Waals surface area contributed by atoms with Crippen LogP contribution in [0.2, 0.25) is 0 Å². The van der Waals surface area contributed by atoms with Crippen molar-refractivity contribution in [3.63, 3.8) is 0 Å². The van der Waals surface area contributed by atoms with Crippen LogP contribution in [0.3, 0.4) is 0 Å². The van der Waals surface area contributed by atoms with Gasteiger partial charge in [0.15, 0.2) is 0 Å². The Morgan fingerprint density at radius 3 is 1.72 bits per heavy atom. The van der Waals surface area contributed by atoms with Gasteiger partial charge >= 0.3 is 17.9 Å². The number of carbonyl (C=O) groups is 3. The number of rotatable bonds is 5. The van der Waals surface area contributed by atoms with E-state index >= 15 is 0 Å². The Morgan fingerprint density at radius 1 is 1.16 bits per heavy atom. The summed E-state index contributed by atoms with van der Waals surface area (Å²) in [5, 5.41) is 33.6. The van der Waals surface area contributed by atoms with Crippen molar-refractivity contribution in [2.24, 2.45) is 17.3 Å². The Hall–Kier alpha value is -2.03. The molecule has 8 heteroatoms. The van der Waals surface area contributed by atoms with E-state index in [1.165, 1.54) is 0 Å². The molecule has 2 aliphatic rings. The smallest absolute Gasteiger partial charge is 0.327 e. The van der Waals surface area contributed by atoms with E-state index in [4.69, 9.17) is 20.4 Å². The van der Waals surface area contributed by atoms with Crippen LogP contribution in [0, 0.1) is 17.3 Å². The number of ether oxygens (including phenoxy) is 1. The van der Waals surface area contributed by atoms with E-state index < -0.39 is 11.4 Å². The number of allylic oxidation sites excluding steroid dienone is 2. The molecule has 0 amide bonds. The van der Waals surface area contributed by atoms with E-state index in [0.717, 1.165) is 6.08 Å². The van der Waals surface area contributed by atoms with Gasteiger partial charge in [-0.15, -0.1) is 0 Å². The third-order valence-electron chi connectivity index (χ3n) is 4.17. The SMILES string of the molecule is C=CC(=O)O.CCC(CO)(CO)CO.O=C1OC(=O)C2CC=CCC12. The van der Waals surface area contributed by atoms with Gasteiger partial charge in [-0.3, -0.25) is 9.59 Å². The Labute approximate surface area is 146 Å². The fourth-order valence-corrected chi connectivity index (χ4v) is 2.07. The van der Waals surface area contributed by atoms with Crippen LogP contribution >= 0.6 is 0 Å². The van der Waals surface area contributed by atoms with Crippen LogP contribution in [0.4, 0.5) is 0 Å². The number of esters is 2. The number of fused-ring (bicyclic) bond motifs is 1. The van der Waals surface area contributed by atoms with Crippen molar-refractivity contribution in [2.75, 3.05) is 19.8 Å². The molecule has 0 aromatic rings. The van der Waals surface area contributed by atoms with Gasteiger partial charge in [0, 0.05) is 11.5 Å². The zero-order valence-corrected chi connectivity index (χ0v) is 14.3. The molecule has 1 saturated heterocycles. The highest BCUT2D eigenvalue weighted by molar-refractivity contribution is 5.96. The molecule has 1 fully saturated rings. The molecule has 0 spiro atoms. The molecule has 142 valence electrons. The topological polar surface area (TPSA) is 141 Å². The van der Waals surface area contributed by atoms with E-state index in [0.29, 0.717) is 19.3 Å². The molecule has 1 aliphatic heterocycles. The van der Waals surface area contributed by atoms with Gasteiger partial charge in [-0.2, -0.15) is 0 Å². The van der Waals surface area contributed by atoms with E-state index in [9.17, 15) is 14.4 Å². The van der Waals surface area contributed by atoms with Crippen molar-refractivity contribution in [3.8, 4) is 0 Å². The van der Waals surface area contributed by atoms with Crippen LogP contribution in [0.5, 0.6) is 0 Å². The van der Waals surface area contributed by atoms with Crippen molar-refractivity contribution in [3.05, 3.63) is 24.8 Å². The summed E-state index contributed by atoms with van der Waals surface area (Å²) in [6.07, 6.45) is 6.61. The lowest BCUT2D eigenvalue weighted by Crippen LogP contribution is -2.32. The molecule has 2 atom stereocenters. The maximum Gasteiger partial charge on any atom is 0.327 e. The molecular formula is C17H26O8. The van der Waals surface area contributed by atoms with Gasteiger partial charge in [0.05, 0.1) is 31.7 Å². The average Bonchev–Trinajstić information content (AvgIpc) is 2.93. The summed E-state index contributed by atoms with van der Waals surface area (Å²) in [5.74, 6) is -2.04. The maximum absolute atomic E-state index is 10.9. The number of hydrogen-bond donors (Lipinski definition) is 4. The molecule has 0 radical (unpaired) electrons. The first kappa shape index (κ1) is 23.0. The van der Waals surface area contributed by atoms with Crippen LogP contribution in [0.1, 0.15) is 26.2 Å². The Morgan fingerprint density at radius 2 is 1.52 bits per heavy atom. The summed E-state index contributed by atoms with van der Waals surface area (Å²) in [5.41, 5.74) is -0.667. The minimum atomic E-state index is -0.981. The number of carbonyl (C=O) groups excluding carboxylic acids is 2. The van der Waals surface area contributed by atoms with E-state index in [1.54, 1.807) is 0 Å². The normalized spacial score (nSPS) is 21.1. The molecular weight excluding hydrogens is 332 g/mol. The lowest BCUT2D eigenvalue weighted by atomic mass is 9.85. The van der Waals surface area contributed by atoms with Gasteiger partial charge < -0.3 is 25.2 Å². The predicted molar refractivity (Wildman–Crippen MR) is 88.3 cm³/mol. The first-order valence-electron chi connectivity index (χ1n) is 7.89. The number of aliphatic hydroxyl groups is 3. The van der Waals surface area contributed by atoms with Crippen molar-refractivity contribution in [1.29, 1.82) is 0 Å². The van der Waals surface area contributed by atoms with Gasteiger partial charge in [0.2, 0.25) is 0 Å². The minimum absolute atomic E-state index is 0.156. The number of carboxylic acids is 1. The van der Waals surface area contributed by atoms with E-state index in [-0.39, 0.29) is 43.6 Å². The average molecular weight is 358 g/mol. The second-order valence-corrected chi connectivity index (χ2v) is 5.77. The van der Waals surface area contributed by atoms with Gasteiger partial charge in [-0.25, -0.2) is 4.79 Å². The second kappa shape index (κ2) is 11.5. The fourth-order valence-electron chi connectivity index (χ4n) is 2.07. The number of aliphatic hydroxyl groups excluding tert-OH is 3. The molecule has 8 nitrogen and oxygen atoms in total. The summed E-state index contributed by atoms with van der Waals surface area (Å²) in [6, 6.07) is 0. The number of cyclic esters (lactones) is 2. The Kier molecular flexibility index (Phi) is 10.6. The third kappa shape index (κ3) is 7.16. The number of carboxylic acid groups (broad SMARTS) is 1. The monoisotopic (exact) mass is 358 g/mol. The summed E-state index contributed by atoms with van der Waals surface area (Å²) in [7, 11) is 0. The fraction of sp³-hybridized carbons (Fsp3) is 0.588. The predicted octanol–water partition coefficient (Wildman–Crippen LogP) is 0.269. The van der Waals surface area contributed by atoms with Gasteiger partial charge in [-0.05, 0) is 19.3 Å². The molecule has 1 aliphatic carbocycles. The first-order chi connectivity index (χ1) is 11.8. The molecule has 0 aromatic carbocycles. The molecule has 0 aromatic heterocycles. The summed E-state index contributed by atoms with van der Waals surface area (Å²) in [4.78, 5) is 31.1. The highest BCUT2D eigenvalue weighted by Gasteiger charge is 2.43. The van der Waals surface area contributed by atoms with Crippen LogP contribution in [-0.4, -0.2) is 58.2 Å².